The number of rotatable bonds is 7. The van der Waals surface area contributed by atoms with Gasteiger partial charge in [-0.3, -0.25) is 15.0 Å². The molecule has 0 heterocycles. The quantitative estimate of drug-likeness (QED) is 0.333. The summed E-state index contributed by atoms with van der Waals surface area (Å²) in [6, 6.07) is 8.56. The summed E-state index contributed by atoms with van der Waals surface area (Å²) in [6.07, 6.45) is -0.121. The molecule has 0 fully saturated rings. The van der Waals surface area contributed by atoms with Gasteiger partial charge in [-0.25, -0.2) is 4.39 Å². The van der Waals surface area contributed by atoms with Gasteiger partial charge in [-0.15, -0.1) is 0 Å². The number of hydrogen-bond donors (Lipinski definition) is 3. The monoisotopic (exact) mass is 452 g/mol. The highest BCUT2D eigenvalue weighted by Crippen LogP contribution is 2.32. The zero-order valence-corrected chi connectivity index (χ0v) is 17.7. The van der Waals surface area contributed by atoms with Gasteiger partial charge in [0.15, 0.2) is 0 Å². The Kier molecular flexibility index (Phi) is 8.32. The Morgan fingerprint density at radius 2 is 1.77 bits per heavy atom. The van der Waals surface area contributed by atoms with Crippen molar-refractivity contribution in [3.05, 3.63) is 63.4 Å². The fourth-order valence-electron chi connectivity index (χ4n) is 2.58. The van der Waals surface area contributed by atoms with Crippen molar-refractivity contribution in [2.24, 2.45) is 5.16 Å². The van der Waals surface area contributed by atoms with Gasteiger partial charge in [0, 0.05) is 18.9 Å². The summed E-state index contributed by atoms with van der Waals surface area (Å²) >= 11 is 12.3. The lowest BCUT2D eigenvalue weighted by Crippen LogP contribution is -2.32. The zero-order valence-electron chi connectivity index (χ0n) is 16.2. The lowest BCUT2D eigenvalue weighted by atomic mass is 10.1. The number of nitrogens with one attached hydrogen (secondary N) is 3. The molecule has 0 spiro atoms. The van der Waals surface area contributed by atoms with Crippen molar-refractivity contribution in [2.45, 2.75) is 19.8 Å². The second-order valence-corrected chi connectivity index (χ2v) is 7.04. The molecule has 0 aromatic heterocycles. The van der Waals surface area contributed by atoms with Crippen LogP contribution in [0.25, 0.3) is 0 Å². The molecule has 0 aliphatic carbocycles. The number of amidine groups is 1. The first-order chi connectivity index (χ1) is 14.2. The lowest BCUT2D eigenvalue weighted by Gasteiger charge is -2.12. The van der Waals surface area contributed by atoms with Gasteiger partial charge in [-0.2, -0.15) is 0 Å². The average molecular weight is 453 g/mol. The van der Waals surface area contributed by atoms with Gasteiger partial charge in [0.2, 0.25) is 11.8 Å². The average Bonchev–Trinajstić information content (AvgIpc) is 2.64. The number of oxime groups is 1. The number of hydrogen-bond acceptors (Lipinski definition) is 5. The van der Waals surface area contributed by atoms with Crippen LogP contribution in [0.1, 0.15) is 24.5 Å². The van der Waals surface area contributed by atoms with Crippen LogP contribution >= 0.6 is 23.2 Å². The summed E-state index contributed by atoms with van der Waals surface area (Å²) in [7, 11) is 1.33. The van der Waals surface area contributed by atoms with Crippen LogP contribution in [-0.4, -0.2) is 30.5 Å². The van der Waals surface area contributed by atoms with E-state index in [0.717, 1.165) is 0 Å². The predicted octanol–water partition coefficient (Wildman–Crippen LogP) is 4.17. The fourth-order valence-corrected chi connectivity index (χ4v) is 3.20. The summed E-state index contributed by atoms with van der Waals surface area (Å²) in [5.41, 5.74) is 1.67. The van der Waals surface area contributed by atoms with E-state index >= 15 is 0 Å². The molecule has 2 rings (SSSR count). The molecule has 10 heteroatoms. The maximum atomic E-state index is 13.1. The van der Waals surface area contributed by atoms with Crippen LogP contribution in [0.4, 0.5) is 10.1 Å². The van der Waals surface area contributed by atoms with Crippen LogP contribution in [-0.2, 0) is 20.8 Å². The smallest absolute Gasteiger partial charge is 0.231 e. The third-order valence-electron chi connectivity index (χ3n) is 3.78. The first kappa shape index (κ1) is 23.3. The molecule has 0 saturated carbocycles. The van der Waals surface area contributed by atoms with Gasteiger partial charge >= 0.3 is 0 Å². The van der Waals surface area contributed by atoms with E-state index in [1.165, 1.54) is 38.3 Å². The van der Waals surface area contributed by atoms with E-state index in [9.17, 15) is 14.0 Å². The Labute approximate surface area is 182 Å². The predicted molar refractivity (Wildman–Crippen MR) is 115 cm³/mol. The topological polar surface area (TPSA) is 104 Å². The first-order valence-electron chi connectivity index (χ1n) is 8.68. The summed E-state index contributed by atoms with van der Waals surface area (Å²) < 4.78 is 13.1. The molecular formula is C20H19Cl2FN4O3. The number of carbonyl (C=O) groups excluding carboxylic acids is 2. The minimum Gasteiger partial charge on any atom is -0.399 e. The Hall–Kier alpha value is -2.97. The number of nitrogens with zero attached hydrogens (tertiary/aromatic N) is 1. The highest BCUT2D eigenvalue weighted by atomic mass is 35.5. The third-order valence-corrected chi connectivity index (χ3v) is 4.38. The van der Waals surface area contributed by atoms with Crippen molar-refractivity contribution in [2.75, 3.05) is 12.4 Å². The number of benzene rings is 2. The first-order valence-corrected chi connectivity index (χ1v) is 9.44. The van der Waals surface area contributed by atoms with Crippen molar-refractivity contribution in [1.82, 2.24) is 5.32 Å². The van der Waals surface area contributed by atoms with Crippen LogP contribution in [0.2, 0.25) is 10.0 Å². The lowest BCUT2D eigenvalue weighted by molar-refractivity contribution is -0.118. The second kappa shape index (κ2) is 10.7. The van der Waals surface area contributed by atoms with Gasteiger partial charge in [-0.1, -0.05) is 40.5 Å². The molecule has 2 aromatic carbocycles. The molecule has 7 nitrogen and oxygen atoms in total. The summed E-state index contributed by atoms with van der Waals surface area (Å²) in [5, 5.41) is 17.3. The van der Waals surface area contributed by atoms with Gasteiger partial charge in [-0.05, 0) is 29.8 Å². The number of amides is 2. The van der Waals surface area contributed by atoms with Crippen molar-refractivity contribution in [3.63, 3.8) is 0 Å². The van der Waals surface area contributed by atoms with E-state index in [1.54, 1.807) is 12.1 Å². The van der Waals surface area contributed by atoms with Crippen molar-refractivity contribution in [3.8, 4) is 0 Å². The maximum absolute atomic E-state index is 13.1. The van der Waals surface area contributed by atoms with E-state index in [0.29, 0.717) is 11.1 Å². The van der Waals surface area contributed by atoms with E-state index in [2.05, 4.69) is 15.8 Å². The molecule has 30 heavy (non-hydrogen) atoms. The molecule has 3 N–H and O–H groups in total. The van der Waals surface area contributed by atoms with Crippen LogP contribution in [0.5, 0.6) is 0 Å². The zero-order chi connectivity index (χ0) is 22.3. The van der Waals surface area contributed by atoms with E-state index in [-0.39, 0.29) is 46.0 Å². The van der Waals surface area contributed by atoms with Crippen LogP contribution < -0.4 is 10.6 Å². The Morgan fingerprint density at radius 1 is 1.17 bits per heavy atom. The van der Waals surface area contributed by atoms with E-state index < -0.39 is 11.7 Å². The Balaban J connectivity index is 2.03. The number of carbonyl (C=O) groups is 2. The van der Waals surface area contributed by atoms with E-state index in [1.807, 2.05) is 0 Å². The molecular weight excluding hydrogens is 434 g/mol. The molecule has 0 saturated heterocycles. The van der Waals surface area contributed by atoms with Crippen molar-refractivity contribution in [1.29, 1.82) is 5.41 Å². The van der Waals surface area contributed by atoms with Gasteiger partial charge in [0.1, 0.15) is 18.8 Å². The standard InChI is InChI=1S/C20H19Cl2FN4O3/c1-11(28)25-20-15(21)7-12(8-16(20)22)9-18(24)26-19(29)10-17(27-30-2)13-3-5-14(23)6-4-13/h3-8H,9-10H2,1-2H3,(H,25,28)(H2,24,26,29)/b27-17+. The molecule has 0 bridgehead atoms. The van der Waals surface area contributed by atoms with E-state index in [4.69, 9.17) is 33.4 Å². The fraction of sp³-hybridized carbons (Fsp3) is 0.200. The van der Waals surface area contributed by atoms with Gasteiger partial charge in [0.25, 0.3) is 0 Å². The molecule has 0 aliphatic rings. The molecule has 0 unspecified atom stereocenters. The maximum Gasteiger partial charge on any atom is 0.231 e. The third kappa shape index (κ3) is 6.82. The summed E-state index contributed by atoms with van der Waals surface area (Å²) in [5.74, 6) is -1.31. The van der Waals surface area contributed by atoms with Gasteiger partial charge < -0.3 is 15.5 Å². The normalized spacial score (nSPS) is 11.0. The minimum absolute atomic E-state index is 0.0544. The summed E-state index contributed by atoms with van der Waals surface area (Å²) in [4.78, 5) is 28.3. The molecule has 2 aromatic rings. The molecule has 0 atom stereocenters. The molecule has 0 aliphatic heterocycles. The second-order valence-electron chi connectivity index (χ2n) is 6.22. The van der Waals surface area contributed by atoms with Gasteiger partial charge in [0.05, 0.1) is 27.9 Å². The molecule has 158 valence electrons. The van der Waals surface area contributed by atoms with Crippen LogP contribution in [0.15, 0.2) is 41.6 Å². The highest BCUT2D eigenvalue weighted by Gasteiger charge is 2.15. The SMILES string of the molecule is CO/N=C(\CC(=O)NC(=N)Cc1cc(Cl)c(NC(C)=O)c(Cl)c1)c1ccc(F)cc1. The Bertz CT molecular complexity index is 971. The molecule has 0 radical (unpaired) electrons. The molecule has 2 amide bonds. The Morgan fingerprint density at radius 3 is 2.30 bits per heavy atom. The minimum atomic E-state index is -0.493. The van der Waals surface area contributed by atoms with Crippen LogP contribution in [0, 0.1) is 11.2 Å². The van der Waals surface area contributed by atoms with Crippen LogP contribution in [0.3, 0.4) is 0 Å². The largest absolute Gasteiger partial charge is 0.399 e. The highest BCUT2D eigenvalue weighted by molar-refractivity contribution is 6.39. The van der Waals surface area contributed by atoms with Crippen molar-refractivity contribution >= 4 is 52.3 Å². The summed E-state index contributed by atoms with van der Waals surface area (Å²) in [6.45, 7) is 1.33. The number of anilines is 1. The van der Waals surface area contributed by atoms with Crippen molar-refractivity contribution < 1.29 is 18.8 Å². The number of halogens is 3.